The standard InChI is InChI=1S/C25H39ClO4/c1-2-3-4-9-12-20-29-24(27)13-10-7-5-6-8-11-14-25(28)30-21-19-22-15-17-23(26)18-16-22/h15-18H,2-14,19-21H2,1H3. The highest BCUT2D eigenvalue weighted by atomic mass is 35.5. The summed E-state index contributed by atoms with van der Waals surface area (Å²) in [6.45, 7) is 3.17. The van der Waals surface area contributed by atoms with E-state index < -0.39 is 0 Å². The molecule has 0 aromatic heterocycles. The van der Waals surface area contributed by atoms with Gasteiger partial charge in [-0.2, -0.15) is 0 Å². The fourth-order valence-corrected chi connectivity index (χ4v) is 3.34. The zero-order chi connectivity index (χ0) is 21.9. The van der Waals surface area contributed by atoms with Crippen LogP contribution in [-0.4, -0.2) is 25.2 Å². The van der Waals surface area contributed by atoms with E-state index in [-0.39, 0.29) is 11.9 Å². The molecular formula is C25H39ClO4. The Labute approximate surface area is 187 Å². The lowest BCUT2D eigenvalue weighted by molar-refractivity contribution is -0.144. The van der Waals surface area contributed by atoms with E-state index in [1.807, 2.05) is 24.3 Å². The minimum absolute atomic E-state index is 0.0631. The zero-order valence-corrected chi connectivity index (χ0v) is 19.4. The van der Waals surface area contributed by atoms with E-state index in [9.17, 15) is 9.59 Å². The molecule has 0 aliphatic rings. The molecule has 0 aliphatic heterocycles. The molecular weight excluding hydrogens is 400 g/mol. The van der Waals surface area contributed by atoms with Crippen LogP contribution in [0.25, 0.3) is 0 Å². The van der Waals surface area contributed by atoms with Gasteiger partial charge in [-0.3, -0.25) is 9.59 Å². The van der Waals surface area contributed by atoms with Crippen molar-refractivity contribution in [2.24, 2.45) is 0 Å². The minimum Gasteiger partial charge on any atom is -0.466 e. The van der Waals surface area contributed by atoms with Crippen molar-refractivity contribution in [1.29, 1.82) is 0 Å². The Morgan fingerprint density at radius 2 is 1.20 bits per heavy atom. The molecule has 1 aromatic rings. The molecule has 1 aromatic carbocycles. The van der Waals surface area contributed by atoms with Gasteiger partial charge in [0, 0.05) is 24.3 Å². The summed E-state index contributed by atoms with van der Waals surface area (Å²) in [7, 11) is 0. The summed E-state index contributed by atoms with van der Waals surface area (Å²) in [5.74, 6) is -0.187. The molecule has 170 valence electrons. The number of carbonyl (C=O) groups excluding carboxylic acids is 2. The van der Waals surface area contributed by atoms with Gasteiger partial charge in [0.15, 0.2) is 0 Å². The third kappa shape index (κ3) is 15.3. The van der Waals surface area contributed by atoms with Crippen molar-refractivity contribution in [3.8, 4) is 0 Å². The van der Waals surface area contributed by atoms with Gasteiger partial charge in [0.05, 0.1) is 13.2 Å². The number of esters is 2. The summed E-state index contributed by atoms with van der Waals surface area (Å²) in [6.07, 6.45) is 13.6. The van der Waals surface area contributed by atoms with Crippen molar-refractivity contribution in [1.82, 2.24) is 0 Å². The van der Waals surface area contributed by atoms with E-state index in [0.717, 1.165) is 56.9 Å². The van der Waals surface area contributed by atoms with Crippen molar-refractivity contribution in [3.05, 3.63) is 34.9 Å². The second-order valence-corrected chi connectivity index (χ2v) is 8.29. The number of hydrogen-bond acceptors (Lipinski definition) is 4. The highest BCUT2D eigenvalue weighted by Gasteiger charge is 2.04. The van der Waals surface area contributed by atoms with Crippen molar-refractivity contribution >= 4 is 23.5 Å². The molecule has 0 bridgehead atoms. The Balaban J connectivity index is 1.85. The van der Waals surface area contributed by atoms with Gasteiger partial charge in [0.25, 0.3) is 0 Å². The third-order valence-electron chi connectivity index (χ3n) is 5.09. The molecule has 0 aliphatic carbocycles. The van der Waals surface area contributed by atoms with E-state index in [1.54, 1.807) is 0 Å². The predicted molar refractivity (Wildman–Crippen MR) is 123 cm³/mol. The lowest BCUT2D eigenvalue weighted by atomic mass is 10.1. The van der Waals surface area contributed by atoms with Crippen molar-refractivity contribution in [2.75, 3.05) is 13.2 Å². The Hall–Kier alpha value is -1.55. The molecule has 30 heavy (non-hydrogen) atoms. The monoisotopic (exact) mass is 438 g/mol. The minimum atomic E-state index is -0.124. The second kappa shape index (κ2) is 18.2. The maximum Gasteiger partial charge on any atom is 0.305 e. The molecule has 1 rings (SSSR count). The first kappa shape index (κ1) is 26.5. The maximum absolute atomic E-state index is 11.8. The molecule has 0 amide bonds. The Bertz CT molecular complexity index is 571. The smallest absolute Gasteiger partial charge is 0.305 e. The van der Waals surface area contributed by atoms with Crippen LogP contribution in [0.15, 0.2) is 24.3 Å². The van der Waals surface area contributed by atoms with Gasteiger partial charge >= 0.3 is 11.9 Å². The summed E-state index contributed by atoms with van der Waals surface area (Å²) in [6, 6.07) is 7.59. The molecule has 0 radical (unpaired) electrons. The molecule has 5 heteroatoms. The fraction of sp³-hybridized carbons (Fsp3) is 0.680. The van der Waals surface area contributed by atoms with E-state index in [0.29, 0.717) is 37.5 Å². The molecule has 0 atom stereocenters. The number of halogens is 1. The van der Waals surface area contributed by atoms with Gasteiger partial charge in [-0.25, -0.2) is 0 Å². The molecule has 0 saturated carbocycles. The number of benzene rings is 1. The lowest BCUT2D eigenvalue weighted by Crippen LogP contribution is -2.07. The van der Waals surface area contributed by atoms with Crippen LogP contribution in [0, 0.1) is 0 Å². The van der Waals surface area contributed by atoms with E-state index in [1.165, 1.54) is 19.3 Å². The van der Waals surface area contributed by atoms with Crippen LogP contribution in [0.3, 0.4) is 0 Å². The number of hydrogen-bond donors (Lipinski definition) is 0. The molecule has 0 fully saturated rings. The van der Waals surface area contributed by atoms with E-state index in [4.69, 9.17) is 21.1 Å². The van der Waals surface area contributed by atoms with Gasteiger partial charge in [-0.1, -0.05) is 82.0 Å². The number of unbranched alkanes of at least 4 members (excludes halogenated alkanes) is 9. The summed E-state index contributed by atoms with van der Waals surface area (Å²) < 4.78 is 10.5. The van der Waals surface area contributed by atoms with Crippen molar-refractivity contribution in [2.45, 2.75) is 96.8 Å². The fourth-order valence-electron chi connectivity index (χ4n) is 3.22. The first-order chi connectivity index (χ1) is 14.6. The Morgan fingerprint density at radius 3 is 1.80 bits per heavy atom. The van der Waals surface area contributed by atoms with E-state index >= 15 is 0 Å². The summed E-state index contributed by atoms with van der Waals surface area (Å²) in [4.78, 5) is 23.4. The maximum atomic E-state index is 11.8. The predicted octanol–water partition coefficient (Wildman–Crippen LogP) is 7.06. The number of rotatable bonds is 18. The van der Waals surface area contributed by atoms with Crippen LogP contribution in [0.5, 0.6) is 0 Å². The summed E-state index contributed by atoms with van der Waals surface area (Å²) in [5.41, 5.74) is 1.11. The van der Waals surface area contributed by atoms with Crippen LogP contribution >= 0.6 is 11.6 Å². The van der Waals surface area contributed by atoms with E-state index in [2.05, 4.69) is 6.92 Å². The third-order valence-corrected chi connectivity index (χ3v) is 5.34. The molecule has 0 heterocycles. The van der Waals surface area contributed by atoms with Crippen molar-refractivity contribution < 1.29 is 19.1 Å². The number of ether oxygens (including phenoxy) is 2. The lowest BCUT2D eigenvalue weighted by Gasteiger charge is -2.06. The number of carbonyl (C=O) groups is 2. The highest BCUT2D eigenvalue weighted by molar-refractivity contribution is 6.30. The molecule has 0 unspecified atom stereocenters. The second-order valence-electron chi connectivity index (χ2n) is 7.85. The van der Waals surface area contributed by atoms with Crippen LogP contribution in [0.4, 0.5) is 0 Å². The van der Waals surface area contributed by atoms with Gasteiger partial charge < -0.3 is 9.47 Å². The Morgan fingerprint density at radius 1 is 0.700 bits per heavy atom. The van der Waals surface area contributed by atoms with Crippen LogP contribution < -0.4 is 0 Å². The average Bonchev–Trinajstić information content (AvgIpc) is 2.74. The van der Waals surface area contributed by atoms with Crippen LogP contribution in [-0.2, 0) is 25.5 Å². The zero-order valence-electron chi connectivity index (χ0n) is 18.6. The largest absolute Gasteiger partial charge is 0.466 e. The quantitative estimate of drug-likeness (QED) is 0.182. The first-order valence-corrected chi connectivity index (χ1v) is 12.0. The van der Waals surface area contributed by atoms with Crippen LogP contribution in [0.2, 0.25) is 5.02 Å². The SMILES string of the molecule is CCCCCCCOC(=O)CCCCCCCCC(=O)OCCc1ccc(Cl)cc1. The summed E-state index contributed by atoms with van der Waals surface area (Å²) >= 11 is 5.85. The van der Waals surface area contributed by atoms with Crippen LogP contribution in [0.1, 0.15) is 96.0 Å². The Kier molecular flexibility index (Phi) is 16.1. The van der Waals surface area contributed by atoms with Gasteiger partial charge in [-0.15, -0.1) is 0 Å². The topological polar surface area (TPSA) is 52.6 Å². The van der Waals surface area contributed by atoms with Crippen molar-refractivity contribution in [3.63, 3.8) is 0 Å². The first-order valence-electron chi connectivity index (χ1n) is 11.7. The molecule has 0 spiro atoms. The molecule has 4 nitrogen and oxygen atoms in total. The van der Waals surface area contributed by atoms with Gasteiger partial charge in [0.1, 0.15) is 0 Å². The highest BCUT2D eigenvalue weighted by Crippen LogP contribution is 2.12. The molecule has 0 N–H and O–H groups in total. The average molecular weight is 439 g/mol. The normalized spacial score (nSPS) is 10.7. The van der Waals surface area contributed by atoms with Gasteiger partial charge in [0.2, 0.25) is 0 Å². The van der Waals surface area contributed by atoms with Gasteiger partial charge in [-0.05, 0) is 37.0 Å². The molecule has 0 saturated heterocycles. The summed E-state index contributed by atoms with van der Waals surface area (Å²) in [5, 5.41) is 0.712.